The summed E-state index contributed by atoms with van der Waals surface area (Å²) in [6.45, 7) is 3.34. The number of nitrogens with one attached hydrogen (secondary N) is 1. The van der Waals surface area contributed by atoms with E-state index in [4.69, 9.17) is 10.5 Å². The van der Waals surface area contributed by atoms with Crippen LogP contribution in [0.2, 0.25) is 0 Å². The molecule has 0 aromatic heterocycles. The summed E-state index contributed by atoms with van der Waals surface area (Å²) in [5, 5.41) is 12.7. The van der Waals surface area contributed by atoms with E-state index in [2.05, 4.69) is 42.2 Å². The minimum Gasteiger partial charge on any atom is -0.455 e. The monoisotopic (exact) mass is 546 g/mol. The number of nitrogen functional groups attached to an aromatic ring is 1. The molecule has 0 radical (unpaired) electrons. The Bertz CT molecular complexity index is 1280. The molecule has 0 saturated heterocycles. The number of hydrogen-bond acceptors (Lipinski definition) is 7. The van der Waals surface area contributed by atoms with Gasteiger partial charge < -0.3 is 20.9 Å². The van der Waals surface area contributed by atoms with Gasteiger partial charge in [0.1, 0.15) is 6.10 Å². The normalized spacial score (nSPS) is 15.8. The first-order valence-corrected chi connectivity index (χ1v) is 14.1. The highest BCUT2D eigenvalue weighted by Gasteiger charge is 2.36. The van der Waals surface area contributed by atoms with Crippen LogP contribution in [-0.2, 0) is 10.2 Å². The molecule has 4 rings (SSSR count). The van der Waals surface area contributed by atoms with Crippen molar-refractivity contribution in [3.05, 3.63) is 95.1 Å². The maximum atomic E-state index is 13.5. The number of esters is 1. The second-order valence-corrected chi connectivity index (χ2v) is 11.3. The molecule has 1 unspecified atom stereocenters. The predicted molar refractivity (Wildman–Crippen MR) is 160 cm³/mol. The van der Waals surface area contributed by atoms with Crippen LogP contribution in [0.5, 0.6) is 0 Å². The number of carbonyl (C=O) groups excluding carboxylic acids is 2. The lowest BCUT2D eigenvalue weighted by molar-refractivity contribution is 0.0211. The highest BCUT2D eigenvalue weighted by molar-refractivity contribution is 7.80. The van der Waals surface area contributed by atoms with Gasteiger partial charge in [-0.05, 0) is 74.2 Å². The van der Waals surface area contributed by atoms with Crippen molar-refractivity contribution >= 4 is 35.8 Å². The highest BCUT2D eigenvalue weighted by atomic mass is 32.1. The Hall–Kier alpha value is -3.29. The van der Waals surface area contributed by atoms with Gasteiger partial charge >= 0.3 is 5.97 Å². The van der Waals surface area contributed by atoms with E-state index in [1.807, 2.05) is 38.1 Å². The number of benzene rings is 3. The number of carbonyl (C=O) groups is 2. The average molecular weight is 547 g/mol. The molecule has 206 valence electrons. The van der Waals surface area contributed by atoms with Gasteiger partial charge in [0.25, 0.3) is 0 Å². The van der Waals surface area contributed by atoms with E-state index in [-0.39, 0.29) is 29.1 Å². The van der Waals surface area contributed by atoms with Crippen LogP contribution in [0.15, 0.2) is 72.8 Å². The first kappa shape index (κ1) is 28.7. The third-order valence-electron chi connectivity index (χ3n) is 7.67. The van der Waals surface area contributed by atoms with Gasteiger partial charge in [0, 0.05) is 28.1 Å². The molecule has 4 N–H and O–H groups in total. The van der Waals surface area contributed by atoms with E-state index in [0.29, 0.717) is 5.56 Å². The third-order valence-corrected chi connectivity index (χ3v) is 8.08. The zero-order valence-corrected chi connectivity index (χ0v) is 23.5. The van der Waals surface area contributed by atoms with Gasteiger partial charge in [-0.25, -0.2) is 4.79 Å². The van der Waals surface area contributed by atoms with Crippen LogP contribution in [-0.4, -0.2) is 40.9 Å². The molecule has 0 heterocycles. The maximum Gasteiger partial charge on any atom is 0.338 e. The fourth-order valence-corrected chi connectivity index (χ4v) is 5.68. The average Bonchev–Trinajstić information content (AvgIpc) is 2.96. The Kier molecular flexibility index (Phi) is 9.03. The van der Waals surface area contributed by atoms with E-state index < -0.39 is 17.6 Å². The molecular weight excluding hydrogens is 508 g/mol. The Morgan fingerprint density at radius 1 is 0.974 bits per heavy atom. The van der Waals surface area contributed by atoms with Crippen LogP contribution >= 0.6 is 12.6 Å². The molecule has 7 heteroatoms. The topological polar surface area (TPSA) is 102 Å². The van der Waals surface area contributed by atoms with E-state index in [1.165, 1.54) is 36.5 Å². The van der Waals surface area contributed by atoms with Crippen LogP contribution in [0.3, 0.4) is 0 Å². The lowest BCUT2D eigenvalue weighted by Gasteiger charge is -2.39. The minimum absolute atomic E-state index is 0.0349. The van der Waals surface area contributed by atoms with E-state index in [1.54, 1.807) is 18.2 Å². The molecule has 1 aliphatic carbocycles. The molecule has 3 aromatic carbocycles. The molecule has 0 aliphatic heterocycles. The Balaban J connectivity index is 1.52. The Morgan fingerprint density at radius 3 is 2.15 bits per heavy atom. The standard InChI is InChI=1S/C32H38N2O4S/c1-31(2,29(36)22-7-6-8-23(19-22)30(37)38-28(20-35)21-39)34-27-15-11-25(12-16-27)32(17-4-3-5-18-32)24-9-13-26(33)14-10-24/h6-16,19,28,34-35,39H,3-5,17-18,20-21,33H2,1-2H3. The molecule has 0 spiro atoms. The minimum atomic E-state index is -0.928. The first-order valence-electron chi connectivity index (χ1n) is 13.5. The van der Waals surface area contributed by atoms with Crippen molar-refractivity contribution in [1.82, 2.24) is 0 Å². The van der Waals surface area contributed by atoms with Crippen molar-refractivity contribution in [3.8, 4) is 0 Å². The number of ketones is 1. The SMILES string of the molecule is CC(C)(Nc1ccc(C2(c3ccc(N)cc3)CCCCC2)cc1)C(=O)c1cccc(C(=O)OC(CO)CS)c1. The molecule has 6 nitrogen and oxygen atoms in total. The van der Waals surface area contributed by atoms with Gasteiger partial charge in [-0.3, -0.25) is 4.79 Å². The van der Waals surface area contributed by atoms with Crippen LogP contribution < -0.4 is 11.1 Å². The van der Waals surface area contributed by atoms with E-state index in [0.717, 1.165) is 24.2 Å². The van der Waals surface area contributed by atoms with Crippen LogP contribution in [0.25, 0.3) is 0 Å². The van der Waals surface area contributed by atoms with Gasteiger partial charge in [0.2, 0.25) is 0 Å². The number of ether oxygens (including phenoxy) is 1. The zero-order chi connectivity index (χ0) is 28.0. The van der Waals surface area contributed by atoms with Gasteiger partial charge in [-0.1, -0.05) is 55.7 Å². The summed E-state index contributed by atoms with van der Waals surface area (Å²) in [7, 11) is 0. The number of aliphatic hydroxyl groups is 1. The van der Waals surface area contributed by atoms with Gasteiger partial charge in [-0.2, -0.15) is 12.6 Å². The summed E-state index contributed by atoms with van der Waals surface area (Å²) < 4.78 is 5.26. The molecular formula is C32H38N2O4S. The number of hydrogen-bond donors (Lipinski definition) is 4. The van der Waals surface area contributed by atoms with E-state index in [9.17, 15) is 14.7 Å². The maximum absolute atomic E-state index is 13.5. The number of Topliss-reactive ketones (excluding diaryl/α,β-unsaturated/α-hetero) is 1. The number of thiol groups is 1. The predicted octanol–water partition coefficient (Wildman–Crippen LogP) is 6.04. The summed E-state index contributed by atoms with van der Waals surface area (Å²) in [4.78, 5) is 26.0. The van der Waals surface area contributed by atoms with Crippen LogP contribution in [0, 0.1) is 0 Å². The van der Waals surface area contributed by atoms with Crippen molar-refractivity contribution in [2.45, 2.75) is 63.0 Å². The van der Waals surface area contributed by atoms with Crippen molar-refractivity contribution in [2.75, 3.05) is 23.4 Å². The summed E-state index contributed by atoms with van der Waals surface area (Å²) in [5.41, 5.74) is 9.83. The summed E-state index contributed by atoms with van der Waals surface area (Å²) >= 11 is 4.08. The molecule has 0 amide bonds. The van der Waals surface area contributed by atoms with Gasteiger partial charge in [0.05, 0.1) is 17.7 Å². The molecule has 1 aliphatic rings. The lowest BCUT2D eigenvalue weighted by atomic mass is 9.65. The molecule has 39 heavy (non-hydrogen) atoms. The molecule has 1 fully saturated rings. The fraction of sp³-hybridized carbons (Fsp3) is 0.375. The smallest absolute Gasteiger partial charge is 0.338 e. The summed E-state index contributed by atoms with van der Waals surface area (Å²) in [6, 6.07) is 23.2. The fourth-order valence-electron chi connectivity index (χ4n) is 5.49. The first-order chi connectivity index (χ1) is 18.7. The summed E-state index contributed by atoms with van der Waals surface area (Å²) in [5.74, 6) is -0.547. The van der Waals surface area contributed by atoms with Crippen LogP contribution in [0.4, 0.5) is 11.4 Å². The van der Waals surface area contributed by atoms with Crippen molar-refractivity contribution in [1.29, 1.82) is 0 Å². The summed E-state index contributed by atoms with van der Waals surface area (Å²) in [6.07, 6.45) is 5.12. The Labute approximate surface area is 236 Å². The third kappa shape index (κ3) is 6.48. The van der Waals surface area contributed by atoms with Crippen LogP contribution in [0.1, 0.15) is 77.8 Å². The number of aliphatic hydroxyl groups excluding tert-OH is 1. The number of anilines is 2. The van der Waals surface area contributed by atoms with Gasteiger partial charge in [-0.15, -0.1) is 0 Å². The van der Waals surface area contributed by atoms with Crippen molar-refractivity contribution < 1.29 is 19.4 Å². The zero-order valence-electron chi connectivity index (χ0n) is 22.7. The number of rotatable bonds is 10. The molecule has 1 atom stereocenters. The second-order valence-electron chi connectivity index (χ2n) is 10.9. The molecule has 0 bridgehead atoms. The van der Waals surface area contributed by atoms with Crippen molar-refractivity contribution in [3.63, 3.8) is 0 Å². The van der Waals surface area contributed by atoms with Gasteiger partial charge in [0.15, 0.2) is 5.78 Å². The number of nitrogens with two attached hydrogens (primary N) is 1. The largest absolute Gasteiger partial charge is 0.455 e. The lowest BCUT2D eigenvalue weighted by Crippen LogP contribution is -2.40. The quantitative estimate of drug-likeness (QED) is 0.107. The van der Waals surface area contributed by atoms with Crippen molar-refractivity contribution in [2.24, 2.45) is 0 Å². The molecule has 1 saturated carbocycles. The highest BCUT2D eigenvalue weighted by Crippen LogP contribution is 2.45. The van der Waals surface area contributed by atoms with E-state index >= 15 is 0 Å². The second kappa shape index (κ2) is 12.3. The molecule has 3 aromatic rings. The Morgan fingerprint density at radius 2 is 1.56 bits per heavy atom.